The van der Waals surface area contributed by atoms with Crippen molar-refractivity contribution in [3.8, 4) is 10.6 Å². The standard InChI is InChI=1S/C19H20ClNO2S2/c1-10-14(21-17(24-10)11-6-8-12(20)9-7-11)13-15(22)18(2,3)25-19(4,5)16(13)23/h6-9,13H,1-5H3. The number of hydrogen-bond donors (Lipinski definition) is 0. The molecule has 0 unspecified atom stereocenters. The number of aromatic nitrogens is 1. The summed E-state index contributed by atoms with van der Waals surface area (Å²) < 4.78 is -1.23. The monoisotopic (exact) mass is 393 g/mol. The van der Waals surface area contributed by atoms with E-state index in [1.165, 1.54) is 23.1 Å². The van der Waals surface area contributed by atoms with Gasteiger partial charge in [-0.15, -0.1) is 23.1 Å². The number of Topliss-reactive ketones (excluding diaryl/α,β-unsaturated/α-hetero) is 2. The Bertz CT molecular complexity index is 827. The Hall–Kier alpha value is -1.17. The Labute approximate surface area is 161 Å². The van der Waals surface area contributed by atoms with Gasteiger partial charge in [0.15, 0.2) is 11.6 Å². The molecule has 25 heavy (non-hydrogen) atoms. The number of ketones is 2. The maximum absolute atomic E-state index is 13.0. The highest BCUT2D eigenvalue weighted by molar-refractivity contribution is 8.03. The third kappa shape index (κ3) is 3.29. The first-order chi connectivity index (χ1) is 11.5. The molecule has 0 bridgehead atoms. The van der Waals surface area contributed by atoms with Gasteiger partial charge in [0.25, 0.3) is 0 Å². The lowest BCUT2D eigenvalue weighted by Gasteiger charge is -2.41. The van der Waals surface area contributed by atoms with Gasteiger partial charge in [0.2, 0.25) is 0 Å². The van der Waals surface area contributed by atoms with Crippen LogP contribution in [0.4, 0.5) is 0 Å². The highest BCUT2D eigenvalue weighted by atomic mass is 35.5. The number of halogens is 1. The van der Waals surface area contributed by atoms with Crippen molar-refractivity contribution in [2.24, 2.45) is 0 Å². The van der Waals surface area contributed by atoms with Crippen LogP contribution in [0.1, 0.15) is 44.2 Å². The lowest BCUT2D eigenvalue weighted by molar-refractivity contribution is -0.132. The lowest BCUT2D eigenvalue weighted by Crippen LogP contribution is -2.51. The molecule has 0 saturated carbocycles. The van der Waals surface area contributed by atoms with E-state index in [0.717, 1.165) is 15.4 Å². The van der Waals surface area contributed by atoms with Crippen LogP contribution in [0.3, 0.4) is 0 Å². The predicted octanol–water partition coefficient (Wildman–Crippen LogP) is 5.30. The van der Waals surface area contributed by atoms with Crippen LogP contribution < -0.4 is 0 Å². The number of benzene rings is 1. The van der Waals surface area contributed by atoms with Crippen LogP contribution in [0, 0.1) is 6.92 Å². The summed E-state index contributed by atoms with van der Waals surface area (Å²) >= 11 is 8.89. The third-order valence-corrected chi connectivity index (χ3v) is 7.13. The van der Waals surface area contributed by atoms with Crippen LogP contribution in [-0.4, -0.2) is 26.0 Å². The fourth-order valence-corrected chi connectivity index (χ4v) is 5.99. The van der Waals surface area contributed by atoms with Gasteiger partial charge in [-0.05, 0) is 46.8 Å². The molecule has 2 aromatic rings. The Balaban J connectivity index is 2.07. The molecule has 0 radical (unpaired) electrons. The predicted molar refractivity (Wildman–Crippen MR) is 106 cm³/mol. The van der Waals surface area contributed by atoms with Gasteiger partial charge >= 0.3 is 0 Å². The van der Waals surface area contributed by atoms with Crippen molar-refractivity contribution in [2.45, 2.75) is 50.0 Å². The molecular formula is C19H20ClNO2S2. The maximum atomic E-state index is 13.0. The molecule has 0 atom stereocenters. The SMILES string of the molecule is Cc1sc(-c2ccc(Cl)cc2)nc1C1C(=O)C(C)(C)SC(C)(C)C1=O. The number of thiazole rings is 1. The fraction of sp³-hybridized carbons (Fsp3) is 0.421. The topological polar surface area (TPSA) is 47.0 Å². The van der Waals surface area contributed by atoms with Crippen molar-refractivity contribution in [1.29, 1.82) is 0 Å². The molecule has 0 spiro atoms. The minimum Gasteiger partial charge on any atom is -0.297 e. The average molecular weight is 394 g/mol. The number of carbonyl (C=O) groups excluding carboxylic acids is 2. The summed E-state index contributed by atoms with van der Waals surface area (Å²) in [4.78, 5) is 31.6. The van der Waals surface area contributed by atoms with E-state index in [0.29, 0.717) is 10.7 Å². The minimum absolute atomic E-state index is 0.0575. The molecule has 1 aromatic carbocycles. The van der Waals surface area contributed by atoms with Crippen LogP contribution in [0.2, 0.25) is 5.02 Å². The van der Waals surface area contributed by atoms with Gasteiger partial charge in [-0.1, -0.05) is 23.7 Å². The molecule has 1 aromatic heterocycles. The van der Waals surface area contributed by atoms with Gasteiger partial charge in [-0.25, -0.2) is 4.98 Å². The Kier molecular flexibility index (Phi) is 4.63. The zero-order valence-electron chi connectivity index (χ0n) is 14.8. The summed E-state index contributed by atoms with van der Waals surface area (Å²) in [6.45, 7) is 9.49. The van der Waals surface area contributed by atoms with Crippen molar-refractivity contribution in [3.05, 3.63) is 39.9 Å². The van der Waals surface area contributed by atoms with Gasteiger partial charge in [0.05, 0.1) is 15.2 Å². The molecule has 2 heterocycles. The van der Waals surface area contributed by atoms with Gasteiger partial charge in [0, 0.05) is 15.5 Å². The average Bonchev–Trinajstić information content (AvgIpc) is 2.88. The Morgan fingerprint density at radius 1 is 1.00 bits per heavy atom. The van der Waals surface area contributed by atoms with Crippen molar-refractivity contribution < 1.29 is 9.59 Å². The summed E-state index contributed by atoms with van der Waals surface area (Å²) in [5.41, 5.74) is 1.54. The third-order valence-electron chi connectivity index (χ3n) is 4.42. The minimum atomic E-state index is -0.788. The molecule has 1 fully saturated rings. The summed E-state index contributed by atoms with van der Waals surface area (Å²) in [6.07, 6.45) is 0. The summed E-state index contributed by atoms with van der Waals surface area (Å²) in [6, 6.07) is 7.43. The molecule has 1 aliphatic rings. The number of hydrogen-bond acceptors (Lipinski definition) is 5. The van der Waals surface area contributed by atoms with Crippen molar-refractivity contribution in [2.75, 3.05) is 0 Å². The fourth-order valence-electron chi connectivity index (χ4n) is 3.19. The number of aryl methyl sites for hydroxylation is 1. The second kappa shape index (κ2) is 6.22. The summed E-state index contributed by atoms with van der Waals surface area (Å²) in [5.74, 6) is -0.903. The largest absolute Gasteiger partial charge is 0.297 e. The second-order valence-electron chi connectivity index (χ2n) is 7.25. The molecule has 132 valence electrons. The van der Waals surface area contributed by atoms with Gasteiger partial charge < -0.3 is 0 Å². The molecule has 0 N–H and O–H groups in total. The first kappa shape index (κ1) is 18.6. The van der Waals surface area contributed by atoms with Crippen LogP contribution in [0.25, 0.3) is 10.6 Å². The molecule has 3 nitrogen and oxygen atoms in total. The maximum Gasteiger partial charge on any atom is 0.164 e. The van der Waals surface area contributed by atoms with Crippen molar-refractivity contribution in [1.82, 2.24) is 4.98 Å². The molecular weight excluding hydrogens is 374 g/mol. The molecule has 1 saturated heterocycles. The second-order valence-corrected chi connectivity index (χ2v) is 11.1. The summed E-state index contributed by atoms with van der Waals surface area (Å²) in [5, 5.41) is 1.47. The number of rotatable bonds is 2. The normalized spacial score (nSPS) is 20.1. The van der Waals surface area contributed by atoms with E-state index in [9.17, 15) is 9.59 Å². The first-order valence-corrected chi connectivity index (χ1v) is 10.1. The van der Waals surface area contributed by atoms with Crippen LogP contribution in [0.5, 0.6) is 0 Å². The molecule has 0 aliphatic carbocycles. The van der Waals surface area contributed by atoms with Crippen LogP contribution in [-0.2, 0) is 9.59 Å². The first-order valence-electron chi connectivity index (χ1n) is 8.05. The van der Waals surface area contributed by atoms with E-state index in [4.69, 9.17) is 11.6 Å². The summed E-state index contributed by atoms with van der Waals surface area (Å²) in [7, 11) is 0. The van der Waals surface area contributed by atoms with E-state index in [1.54, 1.807) is 0 Å². The van der Waals surface area contributed by atoms with E-state index in [-0.39, 0.29) is 11.6 Å². The lowest BCUT2D eigenvalue weighted by atomic mass is 9.82. The Morgan fingerprint density at radius 2 is 1.52 bits per heavy atom. The Morgan fingerprint density at radius 3 is 2.04 bits per heavy atom. The van der Waals surface area contributed by atoms with Crippen LogP contribution in [0.15, 0.2) is 24.3 Å². The van der Waals surface area contributed by atoms with Crippen LogP contribution >= 0.6 is 34.7 Å². The van der Waals surface area contributed by atoms with Gasteiger partial charge in [-0.3, -0.25) is 9.59 Å². The van der Waals surface area contributed by atoms with E-state index in [1.807, 2.05) is 58.9 Å². The molecule has 6 heteroatoms. The molecule has 1 aliphatic heterocycles. The van der Waals surface area contributed by atoms with Crippen molar-refractivity contribution >= 4 is 46.3 Å². The quantitative estimate of drug-likeness (QED) is 0.649. The number of thioether (sulfide) groups is 1. The molecule has 0 amide bonds. The zero-order chi connectivity index (χ0) is 18.6. The van der Waals surface area contributed by atoms with Gasteiger partial charge in [-0.2, -0.15) is 0 Å². The molecule has 3 rings (SSSR count). The smallest absolute Gasteiger partial charge is 0.164 e. The zero-order valence-corrected chi connectivity index (χ0v) is 17.2. The van der Waals surface area contributed by atoms with E-state index in [2.05, 4.69) is 4.98 Å². The highest BCUT2D eigenvalue weighted by Gasteiger charge is 2.53. The van der Waals surface area contributed by atoms with Gasteiger partial charge in [0.1, 0.15) is 10.9 Å². The van der Waals surface area contributed by atoms with E-state index >= 15 is 0 Å². The van der Waals surface area contributed by atoms with Crippen molar-refractivity contribution in [3.63, 3.8) is 0 Å². The van der Waals surface area contributed by atoms with E-state index < -0.39 is 15.4 Å². The number of nitrogens with zero attached hydrogens (tertiary/aromatic N) is 1. The highest BCUT2D eigenvalue weighted by Crippen LogP contribution is 2.49. The number of carbonyl (C=O) groups is 2.